The van der Waals surface area contributed by atoms with E-state index in [0.717, 1.165) is 5.56 Å². The molecule has 0 saturated carbocycles. The first-order valence-electron chi connectivity index (χ1n) is 7.74. The van der Waals surface area contributed by atoms with Gasteiger partial charge in [-0.3, -0.25) is 9.59 Å². The summed E-state index contributed by atoms with van der Waals surface area (Å²) in [4.78, 5) is 35.5. The molecule has 0 aromatic heterocycles. The number of nitrogens with zero attached hydrogens (tertiary/aromatic N) is 1. The zero-order chi connectivity index (χ0) is 17.9. The summed E-state index contributed by atoms with van der Waals surface area (Å²) in [5.41, 5.74) is 0.829. The first-order valence-corrected chi connectivity index (χ1v) is 7.74. The number of hydrogen-bond acceptors (Lipinski definition) is 5. The molecule has 1 N–H and O–H groups in total. The van der Waals surface area contributed by atoms with Gasteiger partial charge in [-0.15, -0.1) is 0 Å². The number of esters is 1. The average molecular weight is 337 g/mol. The lowest BCUT2D eigenvalue weighted by Gasteiger charge is -2.21. The molecular formula is C17H23NO6. The number of aliphatic carboxylic acids is 1. The van der Waals surface area contributed by atoms with E-state index in [9.17, 15) is 14.4 Å². The zero-order valence-corrected chi connectivity index (χ0v) is 13.9. The van der Waals surface area contributed by atoms with Crippen LogP contribution in [0.3, 0.4) is 0 Å². The quantitative estimate of drug-likeness (QED) is 0.695. The van der Waals surface area contributed by atoms with Crippen LogP contribution >= 0.6 is 0 Å². The minimum absolute atomic E-state index is 0.00291. The molecule has 0 heterocycles. The van der Waals surface area contributed by atoms with E-state index in [4.69, 9.17) is 14.6 Å². The van der Waals surface area contributed by atoms with Crippen LogP contribution in [0, 0.1) is 5.92 Å². The van der Waals surface area contributed by atoms with Crippen molar-refractivity contribution in [1.82, 2.24) is 4.90 Å². The second kappa shape index (κ2) is 10.3. The highest BCUT2D eigenvalue weighted by Gasteiger charge is 2.17. The van der Waals surface area contributed by atoms with Crippen LogP contribution in [0.25, 0.3) is 0 Å². The molecular weight excluding hydrogens is 314 g/mol. The van der Waals surface area contributed by atoms with E-state index in [1.807, 2.05) is 30.3 Å². The number of carboxylic acid groups (broad SMARTS) is 1. The zero-order valence-electron chi connectivity index (χ0n) is 13.9. The van der Waals surface area contributed by atoms with Gasteiger partial charge in [0, 0.05) is 6.54 Å². The van der Waals surface area contributed by atoms with Gasteiger partial charge in [-0.2, -0.15) is 0 Å². The third kappa shape index (κ3) is 7.62. The monoisotopic (exact) mass is 337 g/mol. The SMILES string of the molecule is CC(C)C(=O)OCCN(CCC(=O)O)C(=O)OCc1ccccc1. The van der Waals surface area contributed by atoms with Gasteiger partial charge in [0.1, 0.15) is 13.2 Å². The van der Waals surface area contributed by atoms with Crippen molar-refractivity contribution >= 4 is 18.0 Å². The van der Waals surface area contributed by atoms with Gasteiger partial charge < -0.3 is 19.5 Å². The summed E-state index contributed by atoms with van der Waals surface area (Å²) >= 11 is 0. The summed E-state index contributed by atoms with van der Waals surface area (Å²) in [7, 11) is 0. The van der Waals surface area contributed by atoms with Crippen LogP contribution < -0.4 is 0 Å². The molecule has 0 aliphatic carbocycles. The minimum Gasteiger partial charge on any atom is -0.481 e. The van der Waals surface area contributed by atoms with E-state index in [0.29, 0.717) is 0 Å². The number of carbonyl (C=O) groups is 3. The van der Waals surface area contributed by atoms with Gasteiger partial charge in [0.2, 0.25) is 0 Å². The Hall–Kier alpha value is -2.57. The topological polar surface area (TPSA) is 93.1 Å². The van der Waals surface area contributed by atoms with Crippen molar-refractivity contribution in [3.8, 4) is 0 Å². The van der Waals surface area contributed by atoms with Gasteiger partial charge >= 0.3 is 18.0 Å². The molecule has 24 heavy (non-hydrogen) atoms. The number of ether oxygens (including phenoxy) is 2. The number of amides is 1. The number of rotatable bonds is 9. The standard InChI is InChI=1S/C17H23NO6/c1-13(2)16(21)23-11-10-18(9-8-15(19)20)17(22)24-12-14-6-4-3-5-7-14/h3-7,13H,8-12H2,1-2H3,(H,19,20). The van der Waals surface area contributed by atoms with Crippen molar-refractivity contribution in [3.05, 3.63) is 35.9 Å². The molecule has 0 spiro atoms. The van der Waals surface area contributed by atoms with Gasteiger partial charge in [-0.25, -0.2) is 4.79 Å². The highest BCUT2D eigenvalue weighted by molar-refractivity contribution is 5.72. The fourth-order valence-corrected chi connectivity index (χ4v) is 1.76. The third-order valence-corrected chi connectivity index (χ3v) is 3.14. The maximum atomic E-state index is 12.1. The predicted octanol–water partition coefficient (Wildman–Crippen LogP) is 2.30. The van der Waals surface area contributed by atoms with E-state index < -0.39 is 12.1 Å². The number of carboxylic acids is 1. The number of carbonyl (C=O) groups excluding carboxylic acids is 2. The Morgan fingerprint density at radius 1 is 1.08 bits per heavy atom. The van der Waals surface area contributed by atoms with Crippen molar-refractivity contribution in [3.63, 3.8) is 0 Å². The summed E-state index contributed by atoms with van der Waals surface area (Å²) in [6, 6.07) is 9.15. The molecule has 7 nitrogen and oxygen atoms in total. The maximum absolute atomic E-state index is 12.1. The lowest BCUT2D eigenvalue weighted by atomic mass is 10.2. The van der Waals surface area contributed by atoms with E-state index in [-0.39, 0.29) is 44.6 Å². The van der Waals surface area contributed by atoms with Crippen LogP contribution in [-0.2, 0) is 25.7 Å². The summed E-state index contributed by atoms with van der Waals surface area (Å²) in [5, 5.41) is 8.77. The van der Waals surface area contributed by atoms with E-state index in [1.54, 1.807) is 13.8 Å². The summed E-state index contributed by atoms with van der Waals surface area (Å²) in [6.45, 7) is 3.57. The first kappa shape index (κ1) is 19.5. The largest absolute Gasteiger partial charge is 0.481 e. The lowest BCUT2D eigenvalue weighted by molar-refractivity contribution is -0.148. The van der Waals surface area contributed by atoms with Crippen LogP contribution in [0.15, 0.2) is 30.3 Å². The highest BCUT2D eigenvalue weighted by Crippen LogP contribution is 2.05. The highest BCUT2D eigenvalue weighted by atomic mass is 16.6. The molecule has 0 fully saturated rings. The third-order valence-electron chi connectivity index (χ3n) is 3.14. The minimum atomic E-state index is -1.02. The van der Waals surface area contributed by atoms with Crippen LogP contribution in [0.4, 0.5) is 4.79 Å². The molecule has 1 amide bonds. The Morgan fingerprint density at radius 2 is 1.75 bits per heavy atom. The van der Waals surface area contributed by atoms with Crippen LogP contribution in [0.1, 0.15) is 25.8 Å². The van der Waals surface area contributed by atoms with Crippen molar-refractivity contribution in [1.29, 1.82) is 0 Å². The van der Waals surface area contributed by atoms with Crippen LogP contribution in [0.5, 0.6) is 0 Å². The molecule has 0 aliphatic heterocycles. The average Bonchev–Trinajstić information content (AvgIpc) is 2.56. The molecule has 0 saturated heterocycles. The lowest BCUT2D eigenvalue weighted by Crippen LogP contribution is -2.36. The van der Waals surface area contributed by atoms with Gasteiger partial charge in [0.15, 0.2) is 0 Å². The van der Waals surface area contributed by atoms with Gasteiger partial charge in [-0.05, 0) is 5.56 Å². The van der Waals surface area contributed by atoms with Crippen LogP contribution in [0.2, 0.25) is 0 Å². The molecule has 0 radical (unpaired) electrons. The molecule has 1 aromatic rings. The molecule has 0 atom stereocenters. The van der Waals surface area contributed by atoms with Crippen molar-refractivity contribution < 1.29 is 29.0 Å². The fraction of sp³-hybridized carbons (Fsp3) is 0.471. The molecule has 7 heteroatoms. The second-order valence-corrected chi connectivity index (χ2v) is 5.49. The van der Waals surface area contributed by atoms with E-state index in [2.05, 4.69) is 0 Å². The molecule has 1 aromatic carbocycles. The normalized spacial score (nSPS) is 10.3. The van der Waals surface area contributed by atoms with Crippen molar-refractivity contribution in [2.45, 2.75) is 26.9 Å². The molecule has 0 bridgehead atoms. The summed E-state index contributed by atoms with van der Waals surface area (Å²) in [5.74, 6) is -1.65. The number of hydrogen-bond donors (Lipinski definition) is 1. The van der Waals surface area contributed by atoms with Gasteiger partial charge in [0.05, 0.1) is 18.9 Å². The van der Waals surface area contributed by atoms with E-state index in [1.165, 1.54) is 4.90 Å². The van der Waals surface area contributed by atoms with Gasteiger partial charge in [0.25, 0.3) is 0 Å². The fourth-order valence-electron chi connectivity index (χ4n) is 1.76. The van der Waals surface area contributed by atoms with Gasteiger partial charge in [-0.1, -0.05) is 44.2 Å². The Labute approximate surface area is 141 Å². The molecule has 132 valence electrons. The predicted molar refractivity (Wildman–Crippen MR) is 86.2 cm³/mol. The summed E-state index contributed by atoms with van der Waals surface area (Å²) < 4.78 is 10.2. The Morgan fingerprint density at radius 3 is 2.33 bits per heavy atom. The number of benzene rings is 1. The molecule has 1 rings (SSSR count). The van der Waals surface area contributed by atoms with Crippen molar-refractivity contribution in [2.24, 2.45) is 5.92 Å². The van der Waals surface area contributed by atoms with Crippen molar-refractivity contribution in [2.75, 3.05) is 19.7 Å². The Bertz CT molecular complexity index is 543. The Kier molecular flexibility index (Phi) is 8.32. The maximum Gasteiger partial charge on any atom is 0.410 e. The van der Waals surface area contributed by atoms with Crippen LogP contribution in [-0.4, -0.2) is 47.7 Å². The molecule has 0 aliphatic rings. The Balaban J connectivity index is 2.51. The van der Waals surface area contributed by atoms with E-state index >= 15 is 0 Å². The summed E-state index contributed by atoms with van der Waals surface area (Å²) in [6.07, 6.45) is -0.848. The molecule has 0 unspecified atom stereocenters. The first-order chi connectivity index (χ1) is 11.4. The second-order valence-electron chi connectivity index (χ2n) is 5.49. The smallest absolute Gasteiger partial charge is 0.410 e.